The van der Waals surface area contributed by atoms with Crippen molar-refractivity contribution in [1.29, 1.82) is 0 Å². The number of fused-ring (bicyclic) bond motifs is 1. The van der Waals surface area contributed by atoms with Gasteiger partial charge in [0.15, 0.2) is 43.7 Å². The lowest BCUT2D eigenvalue weighted by molar-refractivity contribution is -0.365. The minimum Gasteiger partial charge on any atom is -0.460 e. The molecule has 36 heteroatoms. The molecule has 10 fully saturated rings. The van der Waals surface area contributed by atoms with Crippen molar-refractivity contribution in [2.75, 3.05) is 33.0 Å². The van der Waals surface area contributed by atoms with E-state index in [1.165, 1.54) is 0 Å². The van der Waals surface area contributed by atoms with Crippen LogP contribution < -0.4 is 0 Å². The molecule has 22 N–H and O–H groups in total. The molecule has 33 unspecified atom stereocenters. The molecule has 36 nitrogen and oxygen atoms in total. The van der Waals surface area contributed by atoms with Gasteiger partial charge in [0, 0.05) is 30.9 Å². The summed E-state index contributed by atoms with van der Waals surface area (Å²) >= 11 is 0. The van der Waals surface area contributed by atoms with E-state index in [0.717, 1.165) is 12.2 Å². The molecule has 6 heterocycles. The Labute approximate surface area is 567 Å². The smallest absolute Gasteiger partial charge is 0.330 e. The fourth-order valence-corrected chi connectivity index (χ4v) is 15.3. The average Bonchev–Trinajstić information content (AvgIpc) is 0.763. The van der Waals surface area contributed by atoms with Crippen molar-refractivity contribution in [1.82, 2.24) is 0 Å². The van der Waals surface area contributed by atoms with Crippen LogP contribution in [-0.4, -0.2) is 372 Å². The maximum absolute atomic E-state index is 13.2. The van der Waals surface area contributed by atoms with E-state index in [1.54, 1.807) is 12.2 Å². The number of rotatable bonds is 22. The molecule has 4 aliphatic carbocycles. The standard InChI is InChI=1S/C63H100O36/c64-18-35-43(72)48(77)53(82)59(95-35)89-27-7-1-23(2-8-27)5-11-40(69)87-21-38-46(75)51(80)56(85)61(98-38)92-32-13-25(58-34(17-29-30(68)15-26(67)16-31(29)91-58)94-63-55(84)50(79)45(74)37(20-66)97-63)14-33(42(32)71)93-62-57(86)52(81)47(76)39(99-62)22-88-41(70)12-6-24-3-9-28(10-4-24)90-60-54(83)49(78)44(73)36(19-65)96-60/h5-6,11-12,23-39,42-68,71-86H,1-4,7-10,13-22H2/p+1. The lowest BCUT2D eigenvalue weighted by Gasteiger charge is -2.50. The number of allylic oxidation sites excluding steroid dienone is 2. The predicted octanol–water partition coefficient (Wildman–Crippen LogP) is -9.92. The van der Waals surface area contributed by atoms with Gasteiger partial charge in [-0.25, -0.2) is 9.59 Å². The minimum absolute atomic E-state index is 0.0327. The summed E-state index contributed by atoms with van der Waals surface area (Å²) in [6.45, 7) is -3.51. The average molecular weight is 1430 g/mol. The first-order chi connectivity index (χ1) is 47.2. The second kappa shape index (κ2) is 35.0. The van der Waals surface area contributed by atoms with E-state index < -0.39 is 271 Å². The third-order valence-corrected chi connectivity index (χ3v) is 21.3. The molecule has 0 radical (unpaired) electrons. The zero-order chi connectivity index (χ0) is 71.4. The quantitative estimate of drug-likeness (QED) is 0.0272. The lowest BCUT2D eigenvalue weighted by Crippen LogP contribution is -2.65. The zero-order valence-electron chi connectivity index (χ0n) is 54.1. The monoisotopic (exact) mass is 1430 g/mol. The number of hydrogen-bond acceptors (Lipinski definition) is 35. The molecular weight excluding hydrogens is 1330 g/mol. The van der Waals surface area contributed by atoms with Gasteiger partial charge in [-0.1, -0.05) is 12.2 Å². The zero-order valence-corrected chi connectivity index (χ0v) is 54.1. The Morgan fingerprint density at radius 1 is 0.364 bits per heavy atom. The van der Waals surface area contributed by atoms with E-state index in [0.29, 0.717) is 51.4 Å². The van der Waals surface area contributed by atoms with Crippen LogP contribution in [0.4, 0.5) is 0 Å². The van der Waals surface area contributed by atoms with Crippen LogP contribution in [0.25, 0.3) is 0 Å². The van der Waals surface area contributed by atoms with E-state index in [1.807, 2.05) is 0 Å². The molecule has 6 aliphatic heterocycles. The van der Waals surface area contributed by atoms with Gasteiger partial charge in [0.1, 0.15) is 148 Å². The maximum Gasteiger partial charge on any atom is 0.330 e. The summed E-state index contributed by atoms with van der Waals surface area (Å²) in [5.74, 6) is -3.73. The Morgan fingerprint density at radius 3 is 1.06 bits per heavy atom. The maximum atomic E-state index is 13.2. The van der Waals surface area contributed by atoms with Crippen LogP contribution in [0.1, 0.15) is 83.5 Å². The van der Waals surface area contributed by atoms with Crippen molar-refractivity contribution in [3.8, 4) is 0 Å². The Bertz CT molecular complexity index is 2450. The van der Waals surface area contributed by atoms with Crippen molar-refractivity contribution in [2.45, 2.75) is 298 Å². The summed E-state index contributed by atoms with van der Waals surface area (Å²) in [5, 5.41) is 226. The van der Waals surface area contributed by atoms with Crippen molar-refractivity contribution in [2.24, 2.45) is 23.7 Å². The Hall–Kier alpha value is -2.86. The van der Waals surface area contributed by atoms with Crippen molar-refractivity contribution < 1.29 is 178 Å². The van der Waals surface area contributed by atoms with Gasteiger partial charge in [0.25, 0.3) is 0 Å². The molecule has 99 heavy (non-hydrogen) atoms. The summed E-state index contributed by atoms with van der Waals surface area (Å²) in [4.78, 5) is 26.4. The van der Waals surface area contributed by atoms with Crippen LogP contribution >= 0.6 is 0 Å². The minimum atomic E-state index is -2.06. The number of carbonyl (C=O) groups excluding carboxylic acids is 2. The highest BCUT2D eigenvalue weighted by Gasteiger charge is 2.59. The molecule has 0 amide bonds. The highest BCUT2D eigenvalue weighted by Crippen LogP contribution is 2.45. The Morgan fingerprint density at radius 2 is 0.697 bits per heavy atom. The molecule has 0 spiro atoms. The molecular formula is C63H101O36+. The molecule has 6 saturated heterocycles. The van der Waals surface area contributed by atoms with Gasteiger partial charge in [-0.2, -0.15) is 0 Å². The normalized spacial score (nSPS) is 50.2. The summed E-state index contributed by atoms with van der Waals surface area (Å²) in [7, 11) is 0. The predicted molar refractivity (Wildman–Crippen MR) is 321 cm³/mol. The Balaban J connectivity index is 0.807. The molecule has 0 aromatic carbocycles. The number of aliphatic hydroxyl groups is 23. The third-order valence-electron chi connectivity index (χ3n) is 21.3. The number of ether oxygens (including phenoxy) is 13. The third kappa shape index (κ3) is 18.5. The molecule has 568 valence electrons. The van der Waals surface area contributed by atoms with Gasteiger partial charge < -0.3 is 169 Å². The van der Waals surface area contributed by atoms with Crippen molar-refractivity contribution in [3.63, 3.8) is 0 Å². The second-order valence-electron chi connectivity index (χ2n) is 28.0. The molecule has 0 bridgehead atoms. The van der Waals surface area contributed by atoms with Crippen LogP contribution in [-0.2, 0) is 66.4 Å². The van der Waals surface area contributed by atoms with E-state index >= 15 is 0 Å². The summed E-state index contributed by atoms with van der Waals surface area (Å²) in [6, 6.07) is 0. The van der Waals surface area contributed by atoms with Crippen molar-refractivity contribution in [3.05, 3.63) is 24.3 Å². The molecule has 0 aromatic heterocycles. The van der Waals surface area contributed by atoms with E-state index in [2.05, 4.69) is 0 Å². The molecule has 0 aromatic rings. The summed E-state index contributed by atoms with van der Waals surface area (Å²) in [6.07, 6.45) is -44.6. The fraction of sp³-hybridized carbons (Fsp3) is 0.905. The second-order valence-corrected chi connectivity index (χ2v) is 28.0. The fourth-order valence-electron chi connectivity index (χ4n) is 15.3. The first-order valence-electron chi connectivity index (χ1n) is 34.2. The number of hydrogen-bond donors (Lipinski definition) is 21. The lowest BCUT2D eigenvalue weighted by atomic mass is 9.72. The van der Waals surface area contributed by atoms with Crippen LogP contribution in [0.5, 0.6) is 0 Å². The molecule has 10 aliphatic rings. The molecule has 33 atom stereocenters. The van der Waals surface area contributed by atoms with Gasteiger partial charge >= 0.3 is 11.9 Å². The van der Waals surface area contributed by atoms with Gasteiger partial charge in [-0.3, -0.25) is 0 Å². The first kappa shape index (κ1) is 78.7. The van der Waals surface area contributed by atoms with Crippen LogP contribution in [0.2, 0.25) is 0 Å². The largest absolute Gasteiger partial charge is 0.460 e. The van der Waals surface area contributed by atoms with Gasteiger partial charge in [0.2, 0.25) is 0 Å². The van der Waals surface area contributed by atoms with Crippen LogP contribution in [0.15, 0.2) is 24.3 Å². The molecule has 4 saturated carbocycles. The summed E-state index contributed by atoms with van der Waals surface area (Å²) < 4.78 is 75.4. The van der Waals surface area contributed by atoms with E-state index in [9.17, 15) is 117 Å². The molecule has 10 rings (SSSR count). The topological polar surface area (TPSA) is 583 Å². The highest BCUT2D eigenvalue weighted by atomic mass is 16.8. The summed E-state index contributed by atoms with van der Waals surface area (Å²) in [5.41, 5.74) is 0. The van der Waals surface area contributed by atoms with Crippen LogP contribution in [0.3, 0.4) is 0 Å². The van der Waals surface area contributed by atoms with E-state index in [4.69, 9.17) is 61.6 Å². The van der Waals surface area contributed by atoms with Crippen LogP contribution in [0, 0.1) is 23.7 Å². The first-order valence-corrected chi connectivity index (χ1v) is 34.2. The van der Waals surface area contributed by atoms with Gasteiger partial charge in [0.05, 0.1) is 62.4 Å². The number of carbonyl (C=O) groups is 2. The number of aliphatic hydroxyl groups excluding tert-OH is 21. The van der Waals surface area contributed by atoms with Crippen molar-refractivity contribution >= 4 is 11.9 Å². The highest BCUT2D eigenvalue weighted by molar-refractivity contribution is 5.82. The van der Waals surface area contributed by atoms with Gasteiger partial charge in [-0.05, 0) is 82.5 Å². The SMILES string of the molecule is O=C(C=CC1CCC(OC2OC(CO)C(O)C(O)C2O)CC1)OCC1OC(OC2CC(C3[OH+]C4CC(O)CC(O)C4CC3OC3OC(CO)C(O)C(O)C3O)CC(OC3OC(COC(=O)C=CC4CCC(OC5OC(CO)C(O)C(O)C5O)CC4)C(O)C(O)C3O)C2O)C(O)C(O)C1O. The Kier molecular flexibility index (Phi) is 27.9. The van der Waals surface area contributed by atoms with E-state index in [-0.39, 0.29) is 43.9 Å². The van der Waals surface area contributed by atoms with Gasteiger partial charge in [-0.15, -0.1) is 0 Å². The number of esters is 2.